The Balaban J connectivity index is -0.000000441. The van der Waals surface area contributed by atoms with E-state index in [0.717, 1.165) is 71.3 Å². The lowest BCUT2D eigenvalue weighted by Crippen LogP contribution is -2.29. The molecule has 0 saturated carbocycles. The molecule has 28 heavy (non-hydrogen) atoms. The number of rotatable bonds is 17. The molecule has 0 aromatic carbocycles. The summed E-state index contributed by atoms with van der Waals surface area (Å²) in [5.74, 6) is -0.367. The van der Waals surface area contributed by atoms with E-state index in [1.54, 1.807) is 0 Å². The molecular weight excluding hydrogens is 450 g/mol. The quantitative estimate of drug-likeness (QED) is 0.0908. The van der Waals surface area contributed by atoms with Crippen LogP contribution in [-0.4, -0.2) is 88.7 Å². The van der Waals surface area contributed by atoms with Gasteiger partial charge in [0.2, 0.25) is 0 Å². The molecular formula is C16H40Cl4N6O2. The Morgan fingerprint density at radius 1 is 0.786 bits per heavy atom. The standard InChI is InChI=1S/C16H36N6O2.4ClH/c1-22(2)14-6-12-19-10-4-8-17-7-3-9-18-11-5-13-20-16(23)15-21-24;;;;/h15,17-19,24H,3-14H2,1-2H3,(H,20,23);4*1H/b21-15+;;;;. The summed E-state index contributed by atoms with van der Waals surface area (Å²) in [5, 5.41) is 23.7. The van der Waals surface area contributed by atoms with Gasteiger partial charge in [-0.05, 0) is 85.6 Å². The van der Waals surface area contributed by atoms with E-state index in [4.69, 9.17) is 5.21 Å². The maximum Gasteiger partial charge on any atom is 0.265 e. The fourth-order valence-electron chi connectivity index (χ4n) is 2.10. The second kappa shape index (κ2) is 31.6. The molecule has 0 heterocycles. The molecule has 0 aliphatic rings. The molecule has 8 nitrogen and oxygen atoms in total. The Morgan fingerprint density at radius 3 is 1.57 bits per heavy atom. The van der Waals surface area contributed by atoms with Gasteiger partial charge in [-0.3, -0.25) is 4.79 Å². The molecule has 0 aromatic heterocycles. The van der Waals surface area contributed by atoms with Crippen LogP contribution in [0.5, 0.6) is 0 Å². The lowest BCUT2D eigenvalue weighted by Gasteiger charge is -2.10. The van der Waals surface area contributed by atoms with Crippen molar-refractivity contribution in [2.24, 2.45) is 5.16 Å². The van der Waals surface area contributed by atoms with Crippen molar-refractivity contribution in [3.8, 4) is 0 Å². The lowest BCUT2D eigenvalue weighted by molar-refractivity contribution is -0.114. The lowest BCUT2D eigenvalue weighted by atomic mass is 10.3. The molecule has 0 radical (unpaired) electrons. The number of oxime groups is 1. The molecule has 0 fully saturated rings. The van der Waals surface area contributed by atoms with Crippen LogP contribution in [0, 0.1) is 0 Å². The molecule has 12 heteroatoms. The molecule has 0 spiro atoms. The second-order valence-corrected chi connectivity index (χ2v) is 6.00. The largest absolute Gasteiger partial charge is 0.411 e. The predicted molar refractivity (Wildman–Crippen MR) is 128 cm³/mol. The highest BCUT2D eigenvalue weighted by Crippen LogP contribution is 1.82. The number of carbonyl (C=O) groups excluding carboxylic acids is 1. The van der Waals surface area contributed by atoms with Crippen LogP contribution in [0.15, 0.2) is 5.16 Å². The van der Waals surface area contributed by atoms with E-state index in [1.165, 1.54) is 6.42 Å². The van der Waals surface area contributed by atoms with Gasteiger partial charge in [0.1, 0.15) is 6.21 Å². The van der Waals surface area contributed by atoms with Crippen LogP contribution in [0.3, 0.4) is 0 Å². The van der Waals surface area contributed by atoms with Crippen LogP contribution in [0.2, 0.25) is 0 Å². The molecule has 0 saturated heterocycles. The maximum atomic E-state index is 10.9. The molecule has 174 valence electrons. The first-order valence-electron chi connectivity index (χ1n) is 8.89. The molecule has 0 aliphatic heterocycles. The molecule has 0 aromatic rings. The number of nitrogens with one attached hydrogen (secondary N) is 4. The van der Waals surface area contributed by atoms with Gasteiger partial charge in [-0.15, -0.1) is 49.6 Å². The molecule has 0 atom stereocenters. The number of hydrogen-bond donors (Lipinski definition) is 5. The van der Waals surface area contributed by atoms with Crippen molar-refractivity contribution in [1.82, 2.24) is 26.2 Å². The molecule has 0 bridgehead atoms. The van der Waals surface area contributed by atoms with Crippen LogP contribution >= 0.6 is 49.6 Å². The third-order valence-corrected chi connectivity index (χ3v) is 3.38. The minimum absolute atomic E-state index is 0. The second-order valence-electron chi connectivity index (χ2n) is 6.00. The summed E-state index contributed by atoms with van der Waals surface area (Å²) in [6.45, 7) is 7.81. The Kier molecular flexibility index (Phi) is 43.5. The van der Waals surface area contributed by atoms with Gasteiger partial charge in [0.05, 0.1) is 0 Å². The molecule has 0 aliphatic carbocycles. The SMILES string of the molecule is CN(C)CCCNCCCNCCCNCCCNC(=O)/C=N/O.Cl.Cl.Cl.Cl. The Labute approximate surface area is 195 Å². The average molecular weight is 490 g/mol. The van der Waals surface area contributed by atoms with Gasteiger partial charge in [-0.25, -0.2) is 0 Å². The van der Waals surface area contributed by atoms with E-state index >= 15 is 0 Å². The van der Waals surface area contributed by atoms with Crippen LogP contribution in [-0.2, 0) is 4.79 Å². The summed E-state index contributed by atoms with van der Waals surface area (Å²) in [6.07, 6.45) is 5.17. The zero-order valence-corrected chi connectivity index (χ0v) is 20.2. The Morgan fingerprint density at radius 2 is 1.18 bits per heavy atom. The van der Waals surface area contributed by atoms with E-state index < -0.39 is 0 Å². The first-order valence-corrected chi connectivity index (χ1v) is 8.89. The molecule has 5 N–H and O–H groups in total. The zero-order chi connectivity index (χ0) is 17.9. The average Bonchev–Trinajstić information content (AvgIpc) is 2.54. The van der Waals surface area contributed by atoms with E-state index in [1.807, 2.05) is 0 Å². The topological polar surface area (TPSA) is 101 Å². The van der Waals surface area contributed by atoms with Crippen LogP contribution in [0.1, 0.15) is 25.7 Å². The number of amides is 1. The summed E-state index contributed by atoms with van der Waals surface area (Å²) >= 11 is 0. The van der Waals surface area contributed by atoms with Gasteiger partial charge < -0.3 is 31.4 Å². The number of hydrogen-bond acceptors (Lipinski definition) is 7. The van der Waals surface area contributed by atoms with E-state index in [0.29, 0.717) is 6.54 Å². The number of halogens is 4. The van der Waals surface area contributed by atoms with Crippen molar-refractivity contribution in [3.05, 3.63) is 0 Å². The van der Waals surface area contributed by atoms with Crippen LogP contribution in [0.4, 0.5) is 0 Å². The summed E-state index contributed by atoms with van der Waals surface area (Å²) < 4.78 is 0. The molecule has 0 rings (SSSR count). The van der Waals surface area contributed by atoms with Gasteiger partial charge in [0.25, 0.3) is 5.91 Å². The smallest absolute Gasteiger partial charge is 0.265 e. The number of carbonyl (C=O) groups is 1. The minimum Gasteiger partial charge on any atom is -0.411 e. The maximum absolute atomic E-state index is 10.9. The molecule has 0 unspecified atom stereocenters. The van der Waals surface area contributed by atoms with Gasteiger partial charge in [-0.1, -0.05) is 5.16 Å². The third-order valence-electron chi connectivity index (χ3n) is 3.38. The summed E-state index contributed by atoms with van der Waals surface area (Å²) in [5.41, 5.74) is 0. The van der Waals surface area contributed by atoms with Gasteiger partial charge in [0.15, 0.2) is 0 Å². The summed E-state index contributed by atoms with van der Waals surface area (Å²) in [4.78, 5) is 13.2. The summed E-state index contributed by atoms with van der Waals surface area (Å²) in [7, 11) is 4.20. The monoisotopic (exact) mass is 488 g/mol. The van der Waals surface area contributed by atoms with Gasteiger partial charge in [-0.2, -0.15) is 0 Å². The predicted octanol–water partition coefficient (Wildman–Crippen LogP) is 1.14. The minimum atomic E-state index is -0.367. The van der Waals surface area contributed by atoms with Crippen molar-refractivity contribution in [1.29, 1.82) is 0 Å². The number of nitrogens with zero attached hydrogens (tertiary/aromatic N) is 2. The van der Waals surface area contributed by atoms with Crippen molar-refractivity contribution in [2.45, 2.75) is 25.7 Å². The van der Waals surface area contributed by atoms with Gasteiger partial charge >= 0.3 is 0 Å². The van der Waals surface area contributed by atoms with Crippen molar-refractivity contribution < 1.29 is 10.0 Å². The zero-order valence-electron chi connectivity index (χ0n) is 16.9. The van der Waals surface area contributed by atoms with Crippen LogP contribution < -0.4 is 21.3 Å². The van der Waals surface area contributed by atoms with Crippen molar-refractivity contribution in [3.63, 3.8) is 0 Å². The van der Waals surface area contributed by atoms with Crippen LogP contribution in [0.25, 0.3) is 0 Å². The highest BCUT2D eigenvalue weighted by Gasteiger charge is 1.95. The highest BCUT2D eigenvalue weighted by molar-refractivity contribution is 6.25. The van der Waals surface area contributed by atoms with Crippen molar-refractivity contribution in [2.75, 3.05) is 66.5 Å². The molecule has 1 amide bonds. The fourth-order valence-corrected chi connectivity index (χ4v) is 2.10. The fraction of sp³-hybridized carbons (Fsp3) is 0.875. The normalized spacial score (nSPS) is 9.82. The Bertz CT molecular complexity index is 330. The van der Waals surface area contributed by atoms with E-state index in [-0.39, 0.29) is 55.5 Å². The first kappa shape index (κ1) is 38.5. The highest BCUT2D eigenvalue weighted by atomic mass is 35.5. The first-order chi connectivity index (χ1) is 11.7. The third kappa shape index (κ3) is 33.5. The summed E-state index contributed by atoms with van der Waals surface area (Å²) in [6, 6.07) is 0. The van der Waals surface area contributed by atoms with E-state index in [2.05, 4.69) is 45.4 Å². The van der Waals surface area contributed by atoms with E-state index in [9.17, 15) is 4.79 Å². The Hall–Kier alpha value is -0.0600. The van der Waals surface area contributed by atoms with Crippen molar-refractivity contribution >= 4 is 61.7 Å². The van der Waals surface area contributed by atoms with Gasteiger partial charge in [0, 0.05) is 6.54 Å².